The third-order valence-corrected chi connectivity index (χ3v) is 16.1. The lowest BCUT2D eigenvalue weighted by Gasteiger charge is -2.29. The molecule has 0 bridgehead atoms. The quantitative estimate of drug-likeness (QED) is 0.301. The van der Waals surface area contributed by atoms with Gasteiger partial charge in [0.2, 0.25) is 0 Å². The van der Waals surface area contributed by atoms with Crippen LogP contribution in [-0.4, -0.2) is 42.8 Å². The van der Waals surface area contributed by atoms with E-state index < -0.39 is 16.5 Å². The van der Waals surface area contributed by atoms with Crippen molar-refractivity contribution in [2.45, 2.75) is 90.6 Å². The number of hydrogen-bond donors (Lipinski definition) is 2. The summed E-state index contributed by atoms with van der Waals surface area (Å²) in [5, 5.41) is 0. The summed E-state index contributed by atoms with van der Waals surface area (Å²) in [6.45, 7) is 18.2. The first-order valence-corrected chi connectivity index (χ1v) is 15.4. The number of hydrogen-bond acceptors (Lipinski definition) is 3. The van der Waals surface area contributed by atoms with Crippen LogP contribution in [0.4, 0.5) is 0 Å². The molecule has 0 aliphatic carbocycles. The fraction of sp³-hybridized carbons (Fsp3) is 1.00. The van der Waals surface area contributed by atoms with Gasteiger partial charge < -0.3 is 14.7 Å². The van der Waals surface area contributed by atoms with Gasteiger partial charge in [-0.1, -0.05) is 41.5 Å². The summed E-state index contributed by atoms with van der Waals surface area (Å²) in [6, 6.07) is 8.11. The van der Waals surface area contributed by atoms with E-state index in [4.69, 9.17) is 4.74 Å². The van der Waals surface area contributed by atoms with E-state index >= 15 is 0 Å². The van der Waals surface area contributed by atoms with Gasteiger partial charge in [0.1, 0.15) is 16.5 Å². The first-order valence-electron chi connectivity index (χ1n) is 10.1. The van der Waals surface area contributed by atoms with Crippen LogP contribution in [0.5, 0.6) is 0 Å². The van der Waals surface area contributed by atoms with Gasteiger partial charge in [0, 0.05) is 13.2 Å². The fourth-order valence-electron chi connectivity index (χ4n) is 3.41. The van der Waals surface area contributed by atoms with Gasteiger partial charge in [-0.05, 0) is 62.2 Å². The van der Waals surface area contributed by atoms with Crippen LogP contribution in [0.1, 0.15) is 54.4 Å². The Balaban J connectivity index is 3.64. The zero-order chi connectivity index (χ0) is 17.6. The van der Waals surface area contributed by atoms with E-state index in [1.54, 1.807) is 0 Å². The minimum Gasteiger partial charge on any atom is -0.381 e. The molecule has 0 fully saturated rings. The van der Waals surface area contributed by atoms with Gasteiger partial charge in [-0.3, -0.25) is 0 Å². The highest BCUT2D eigenvalue weighted by molar-refractivity contribution is 6.77. The number of nitrogens with one attached hydrogen (secondary N) is 2. The Hall–Kier alpha value is 0.314. The zero-order valence-corrected chi connectivity index (χ0v) is 18.9. The Bertz CT molecular complexity index is 227. The Kier molecular flexibility index (Phi) is 13.8. The molecule has 0 aromatic rings. The van der Waals surface area contributed by atoms with Crippen LogP contribution < -0.4 is 9.96 Å². The predicted molar refractivity (Wildman–Crippen MR) is 110 cm³/mol. The van der Waals surface area contributed by atoms with Crippen molar-refractivity contribution in [2.24, 2.45) is 0 Å². The molecule has 0 saturated heterocycles. The maximum absolute atomic E-state index is 5.82. The second kappa shape index (κ2) is 13.6. The number of ether oxygens (including phenoxy) is 1. The van der Waals surface area contributed by atoms with Crippen LogP contribution in [0, 0.1) is 0 Å². The Labute approximate surface area is 148 Å². The Morgan fingerprint density at radius 1 is 0.565 bits per heavy atom. The molecule has 0 heterocycles. The lowest BCUT2D eigenvalue weighted by Crippen LogP contribution is -2.49. The van der Waals surface area contributed by atoms with Crippen LogP contribution in [0.3, 0.4) is 0 Å². The second-order valence-electron chi connectivity index (χ2n) is 6.86. The van der Waals surface area contributed by atoms with E-state index in [2.05, 4.69) is 51.5 Å². The summed E-state index contributed by atoms with van der Waals surface area (Å²) in [5.41, 5.74) is 0. The van der Waals surface area contributed by atoms with Crippen LogP contribution in [0.25, 0.3) is 0 Å². The van der Waals surface area contributed by atoms with Gasteiger partial charge in [-0.2, -0.15) is 0 Å². The SMILES string of the molecule is CC[Si](CC)(CC)NCCCOCCCN[Si](CC)(CC)CC. The van der Waals surface area contributed by atoms with E-state index in [0.29, 0.717) is 0 Å². The largest absolute Gasteiger partial charge is 0.381 e. The van der Waals surface area contributed by atoms with Gasteiger partial charge in [0.05, 0.1) is 0 Å². The molecular weight excluding hydrogens is 316 g/mol. The molecule has 3 nitrogen and oxygen atoms in total. The first-order chi connectivity index (χ1) is 11.1. The molecule has 2 N–H and O–H groups in total. The summed E-state index contributed by atoms with van der Waals surface area (Å²) < 4.78 is 5.82. The van der Waals surface area contributed by atoms with Gasteiger partial charge in [-0.15, -0.1) is 0 Å². The summed E-state index contributed by atoms with van der Waals surface area (Å²) in [6.07, 6.45) is 2.31. The molecule has 0 aliphatic rings. The average molecular weight is 361 g/mol. The third-order valence-electron chi connectivity index (χ3n) is 5.99. The van der Waals surface area contributed by atoms with Gasteiger partial charge >= 0.3 is 0 Å². The standard InChI is InChI=1S/C18H44N2OSi2/c1-7-22(8-2,9-3)19-15-13-17-21-18-14-16-20-23(10-4,11-5)12-6/h19-20H,7-18H2,1-6H3. The normalized spacial score (nSPS) is 12.8. The smallest absolute Gasteiger partial charge is 0.124 e. The molecule has 0 amide bonds. The number of rotatable bonds is 16. The maximum atomic E-state index is 5.82. The maximum Gasteiger partial charge on any atom is 0.124 e. The minimum absolute atomic E-state index is 0.909. The van der Waals surface area contributed by atoms with Crippen molar-refractivity contribution in [1.29, 1.82) is 0 Å². The molecule has 0 aliphatic heterocycles. The topological polar surface area (TPSA) is 33.3 Å². The molecular formula is C18H44N2OSi2. The van der Waals surface area contributed by atoms with Gasteiger partial charge in [-0.25, -0.2) is 0 Å². The Morgan fingerprint density at radius 3 is 1.13 bits per heavy atom. The molecule has 0 saturated carbocycles. The Morgan fingerprint density at radius 2 is 0.870 bits per heavy atom. The lowest BCUT2D eigenvalue weighted by molar-refractivity contribution is 0.131. The highest BCUT2D eigenvalue weighted by Gasteiger charge is 2.26. The third kappa shape index (κ3) is 8.82. The molecule has 0 radical (unpaired) electrons. The highest BCUT2D eigenvalue weighted by atomic mass is 28.3. The monoisotopic (exact) mass is 360 g/mol. The zero-order valence-electron chi connectivity index (χ0n) is 16.9. The molecule has 0 atom stereocenters. The minimum atomic E-state index is -1.14. The van der Waals surface area contributed by atoms with Crippen molar-refractivity contribution in [3.05, 3.63) is 0 Å². The van der Waals surface area contributed by atoms with E-state index in [0.717, 1.165) is 39.1 Å². The lowest BCUT2D eigenvalue weighted by atomic mass is 10.4. The average Bonchev–Trinajstić information content (AvgIpc) is 2.61. The second-order valence-corrected chi connectivity index (χ2v) is 16.9. The van der Waals surface area contributed by atoms with Gasteiger partial charge in [0.15, 0.2) is 0 Å². The molecule has 23 heavy (non-hydrogen) atoms. The van der Waals surface area contributed by atoms with E-state index in [1.807, 2.05) is 0 Å². The summed E-state index contributed by atoms with van der Waals surface area (Å²) >= 11 is 0. The summed E-state index contributed by atoms with van der Waals surface area (Å²) in [4.78, 5) is 7.76. The summed E-state index contributed by atoms with van der Waals surface area (Å²) in [5.74, 6) is 0. The van der Waals surface area contributed by atoms with Crippen molar-refractivity contribution in [3.63, 3.8) is 0 Å². The van der Waals surface area contributed by atoms with E-state index in [-0.39, 0.29) is 0 Å². The summed E-state index contributed by atoms with van der Waals surface area (Å²) in [7, 11) is -2.29. The van der Waals surface area contributed by atoms with Crippen LogP contribution in [0.2, 0.25) is 36.3 Å². The fourth-order valence-corrected chi connectivity index (χ4v) is 9.32. The van der Waals surface area contributed by atoms with Crippen molar-refractivity contribution >= 4 is 16.5 Å². The molecule has 140 valence electrons. The predicted octanol–water partition coefficient (Wildman–Crippen LogP) is 4.97. The molecule has 0 aromatic heterocycles. The van der Waals surface area contributed by atoms with Crippen LogP contribution in [0.15, 0.2) is 0 Å². The molecule has 0 spiro atoms. The van der Waals surface area contributed by atoms with Crippen LogP contribution >= 0.6 is 0 Å². The van der Waals surface area contributed by atoms with E-state index in [1.165, 1.54) is 36.3 Å². The van der Waals surface area contributed by atoms with Crippen molar-refractivity contribution in [1.82, 2.24) is 9.96 Å². The first kappa shape index (κ1) is 23.3. The molecule has 0 aromatic carbocycles. The molecule has 5 heteroatoms. The molecule has 0 rings (SSSR count). The highest BCUT2D eigenvalue weighted by Crippen LogP contribution is 2.17. The van der Waals surface area contributed by atoms with Gasteiger partial charge in [0.25, 0.3) is 0 Å². The van der Waals surface area contributed by atoms with Crippen molar-refractivity contribution in [2.75, 3.05) is 26.3 Å². The molecule has 0 unspecified atom stereocenters. The van der Waals surface area contributed by atoms with Crippen LogP contribution in [-0.2, 0) is 4.74 Å². The van der Waals surface area contributed by atoms with Crippen molar-refractivity contribution in [3.8, 4) is 0 Å². The van der Waals surface area contributed by atoms with E-state index in [9.17, 15) is 0 Å². The van der Waals surface area contributed by atoms with Crippen molar-refractivity contribution < 1.29 is 4.74 Å².